The van der Waals surface area contributed by atoms with Gasteiger partial charge in [0.25, 0.3) is 0 Å². The van der Waals surface area contributed by atoms with Gasteiger partial charge in [-0.15, -0.1) is 0 Å². The highest BCUT2D eigenvalue weighted by molar-refractivity contribution is 5.46. The van der Waals surface area contributed by atoms with Crippen LogP contribution in [0.3, 0.4) is 0 Å². The lowest BCUT2D eigenvalue weighted by Crippen LogP contribution is -2.27. The molecule has 0 aromatic heterocycles. The summed E-state index contributed by atoms with van der Waals surface area (Å²) in [5, 5.41) is 19.8. The van der Waals surface area contributed by atoms with Crippen LogP contribution in [-0.2, 0) is 0 Å². The van der Waals surface area contributed by atoms with Crippen molar-refractivity contribution in [1.82, 2.24) is 0 Å². The van der Waals surface area contributed by atoms with E-state index in [9.17, 15) is 10.2 Å². The van der Waals surface area contributed by atoms with E-state index in [2.05, 4.69) is 33.8 Å². The van der Waals surface area contributed by atoms with Crippen molar-refractivity contribution in [2.45, 2.75) is 59.7 Å². The molecule has 0 aliphatic carbocycles. The fourth-order valence-electron chi connectivity index (χ4n) is 2.63. The summed E-state index contributed by atoms with van der Waals surface area (Å²) in [6.45, 7) is 11.8. The molecule has 2 unspecified atom stereocenters. The molecule has 17 heavy (non-hydrogen) atoms. The summed E-state index contributed by atoms with van der Waals surface area (Å²) < 4.78 is 0. The first-order chi connectivity index (χ1) is 7.77. The minimum atomic E-state index is -0.548. The molecule has 0 aliphatic heterocycles. The lowest BCUT2D eigenvalue weighted by molar-refractivity contribution is 0.0723. The highest BCUT2D eigenvalue weighted by Crippen LogP contribution is 2.32. The molecule has 2 nitrogen and oxygen atoms in total. The topological polar surface area (TPSA) is 40.5 Å². The van der Waals surface area contributed by atoms with Gasteiger partial charge in [0, 0.05) is 5.92 Å². The molecule has 0 saturated heterocycles. The number of aliphatic hydroxyl groups is 2. The fourth-order valence-corrected chi connectivity index (χ4v) is 2.63. The van der Waals surface area contributed by atoms with E-state index in [-0.39, 0.29) is 5.92 Å². The Hall–Kier alpha value is -0.860. The quantitative estimate of drug-likeness (QED) is 0.847. The van der Waals surface area contributed by atoms with Crippen molar-refractivity contribution < 1.29 is 10.2 Å². The molecule has 2 atom stereocenters. The molecule has 2 N–H and O–H groups in total. The Kier molecular flexibility index (Phi) is 4.34. The van der Waals surface area contributed by atoms with Crippen molar-refractivity contribution >= 4 is 0 Å². The van der Waals surface area contributed by atoms with Crippen LogP contribution in [0.25, 0.3) is 0 Å². The van der Waals surface area contributed by atoms with Gasteiger partial charge in [-0.2, -0.15) is 0 Å². The number of aliphatic hydroxyl groups excluding tert-OH is 2. The van der Waals surface area contributed by atoms with Gasteiger partial charge in [0.1, 0.15) is 0 Å². The lowest BCUT2D eigenvalue weighted by atomic mass is 9.81. The van der Waals surface area contributed by atoms with E-state index >= 15 is 0 Å². The average molecular weight is 236 g/mol. The summed E-state index contributed by atoms with van der Waals surface area (Å²) in [4.78, 5) is 0. The first kappa shape index (κ1) is 14.2. The van der Waals surface area contributed by atoms with Crippen LogP contribution in [0.1, 0.15) is 47.6 Å². The Morgan fingerprint density at radius 3 is 1.47 bits per heavy atom. The molecule has 0 saturated carbocycles. The monoisotopic (exact) mass is 236 g/mol. The molecule has 96 valence electrons. The maximum Gasteiger partial charge on any atom is 0.0605 e. The first-order valence-electron chi connectivity index (χ1n) is 6.20. The number of rotatable bonds is 3. The second-order valence-electron chi connectivity index (χ2n) is 5.18. The summed E-state index contributed by atoms with van der Waals surface area (Å²) in [6.07, 6.45) is -1.10. The van der Waals surface area contributed by atoms with Crippen LogP contribution in [0.15, 0.2) is 6.07 Å². The van der Waals surface area contributed by atoms with E-state index in [1.165, 1.54) is 22.3 Å². The summed E-state index contributed by atoms with van der Waals surface area (Å²) in [5.41, 5.74) is 5.90. The summed E-state index contributed by atoms with van der Waals surface area (Å²) in [7, 11) is 0. The normalized spacial score (nSPS) is 16.7. The minimum absolute atomic E-state index is 0.214. The molecule has 0 aliphatic rings. The molecule has 0 bridgehead atoms. The molecule has 2 heteroatoms. The summed E-state index contributed by atoms with van der Waals surface area (Å²) in [6, 6.07) is 2.16. The van der Waals surface area contributed by atoms with Gasteiger partial charge in [0.2, 0.25) is 0 Å². The molecule has 0 heterocycles. The third-order valence-electron chi connectivity index (χ3n) is 3.80. The number of benzene rings is 1. The summed E-state index contributed by atoms with van der Waals surface area (Å²) in [5.74, 6) is -0.214. The second kappa shape index (κ2) is 5.19. The van der Waals surface area contributed by atoms with Crippen LogP contribution in [0.2, 0.25) is 0 Å². The first-order valence-corrected chi connectivity index (χ1v) is 6.20. The molecular formula is C15H24O2. The van der Waals surface area contributed by atoms with Crippen LogP contribution in [0.5, 0.6) is 0 Å². The Balaban J connectivity index is 3.47. The van der Waals surface area contributed by atoms with Crippen LogP contribution in [-0.4, -0.2) is 22.4 Å². The maximum absolute atomic E-state index is 9.91. The van der Waals surface area contributed by atoms with Crippen molar-refractivity contribution in [2.75, 3.05) is 0 Å². The third-order valence-corrected chi connectivity index (χ3v) is 3.80. The van der Waals surface area contributed by atoms with Crippen molar-refractivity contribution in [2.24, 2.45) is 0 Å². The Morgan fingerprint density at radius 2 is 1.18 bits per heavy atom. The van der Waals surface area contributed by atoms with Crippen molar-refractivity contribution in [1.29, 1.82) is 0 Å². The van der Waals surface area contributed by atoms with Gasteiger partial charge < -0.3 is 10.2 Å². The fraction of sp³-hybridized carbons (Fsp3) is 0.600. The highest BCUT2D eigenvalue weighted by Gasteiger charge is 2.26. The van der Waals surface area contributed by atoms with Crippen molar-refractivity contribution in [3.05, 3.63) is 33.9 Å². The van der Waals surface area contributed by atoms with Gasteiger partial charge in [-0.3, -0.25) is 0 Å². The zero-order chi connectivity index (χ0) is 13.3. The van der Waals surface area contributed by atoms with Crippen LogP contribution < -0.4 is 0 Å². The Labute approximate surface area is 104 Å². The molecular weight excluding hydrogens is 212 g/mol. The highest BCUT2D eigenvalue weighted by atomic mass is 16.3. The zero-order valence-corrected chi connectivity index (χ0v) is 11.7. The van der Waals surface area contributed by atoms with E-state index in [0.717, 1.165) is 5.56 Å². The van der Waals surface area contributed by atoms with Crippen molar-refractivity contribution in [3.8, 4) is 0 Å². The standard InChI is InChI=1S/C15H24O2/c1-8-7-9(2)11(4)14(10(8)3)15(12(5)16)13(6)17/h7,12-13,15-17H,1-6H3. The van der Waals surface area contributed by atoms with E-state index in [0.29, 0.717) is 0 Å². The number of hydrogen-bond donors (Lipinski definition) is 2. The second-order valence-corrected chi connectivity index (χ2v) is 5.18. The molecule has 1 rings (SSSR count). The van der Waals surface area contributed by atoms with Crippen molar-refractivity contribution in [3.63, 3.8) is 0 Å². The van der Waals surface area contributed by atoms with Crippen LogP contribution in [0, 0.1) is 27.7 Å². The van der Waals surface area contributed by atoms with E-state index < -0.39 is 12.2 Å². The van der Waals surface area contributed by atoms with Crippen LogP contribution in [0.4, 0.5) is 0 Å². The number of aryl methyl sites for hydroxylation is 2. The predicted molar refractivity (Wildman–Crippen MR) is 71.5 cm³/mol. The van der Waals surface area contributed by atoms with Gasteiger partial charge in [0.05, 0.1) is 12.2 Å². The molecule has 1 aromatic rings. The average Bonchev–Trinajstić information content (AvgIpc) is 2.20. The lowest BCUT2D eigenvalue weighted by Gasteiger charge is -2.28. The Bertz CT molecular complexity index is 372. The van der Waals surface area contributed by atoms with Gasteiger partial charge in [0.15, 0.2) is 0 Å². The smallest absolute Gasteiger partial charge is 0.0605 e. The van der Waals surface area contributed by atoms with E-state index in [1.807, 2.05) is 0 Å². The van der Waals surface area contributed by atoms with Gasteiger partial charge >= 0.3 is 0 Å². The molecule has 0 fully saturated rings. The minimum Gasteiger partial charge on any atom is -0.393 e. The number of hydrogen-bond acceptors (Lipinski definition) is 2. The zero-order valence-electron chi connectivity index (χ0n) is 11.7. The van der Waals surface area contributed by atoms with Crippen LogP contribution >= 0.6 is 0 Å². The molecule has 0 radical (unpaired) electrons. The predicted octanol–water partition coefficient (Wildman–Crippen LogP) is 2.77. The van der Waals surface area contributed by atoms with E-state index in [1.54, 1.807) is 13.8 Å². The largest absolute Gasteiger partial charge is 0.393 e. The van der Waals surface area contributed by atoms with Gasteiger partial charge in [-0.1, -0.05) is 6.07 Å². The third kappa shape index (κ3) is 2.70. The summed E-state index contributed by atoms with van der Waals surface area (Å²) >= 11 is 0. The molecule has 0 spiro atoms. The SMILES string of the molecule is Cc1cc(C)c(C)c(C(C(C)O)C(C)O)c1C. The molecule has 0 amide bonds. The molecule has 1 aromatic carbocycles. The maximum atomic E-state index is 9.91. The van der Waals surface area contributed by atoms with Gasteiger partial charge in [-0.05, 0) is 69.4 Å². The van der Waals surface area contributed by atoms with Gasteiger partial charge in [-0.25, -0.2) is 0 Å². The Morgan fingerprint density at radius 1 is 0.824 bits per heavy atom. The van der Waals surface area contributed by atoms with E-state index in [4.69, 9.17) is 0 Å².